The van der Waals surface area contributed by atoms with Gasteiger partial charge in [0.15, 0.2) is 5.76 Å². The van der Waals surface area contributed by atoms with Crippen LogP contribution >= 0.6 is 11.8 Å². The summed E-state index contributed by atoms with van der Waals surface area (Å²) in [6.07, 6.45) is 2.01. The van der Waals surface area contributed by atoms with Gasteiger partial charge in [0.25, 0.3) is 5.91 Å². The second kappa shape index (κ2) is 6.06. The average molecular weight is 333 g/mol. The highest BCUT2D eigenvalue weighted by Crippen LogP contribution is 2.28. The van der Waals surface area contributed by atoms with Crippen molar-refractivity contribution in [3.05, 3.63) is 72.5 Å². The molecule has 1 aromatic heterocycles. The molecule has 0 aliphatic carbocycles. The van der Waals surface area contributed by atoms with Crippen molar-refractivity contribution in [2.75, 3.05) is 11.6 Å². The molecule has 0 atom stereocenters. The number of hydrogen-bond acceptors (Lipinski definition) is 3. The molecule has 0 spiro atoms. The van der Waals surface area contributed by atoms with Gasteiger partial charge in [-0.25, -0.2) is 0 Å². The highest BCUT2D eigenvalue weighted by atomic mass is 32.2. The highest BCUT2D eigenvalue weighted by molar-refractivity contribution is 7.98. The summed E-state index contributed by atoms with van der Waals surface area (Å²) in [5.41, 5.74) is 1.48. The Morgan fingerprint density at radius 1 is 0.958 bits per heavy atom. The SMILES string of the molecule is CSc1cccc(NC(=O)c2cc3c(ccc4ccccc43)o2)c1. The Kier molecular flexibility index (Phi) is 3.75. The van der Waals surface area contributed by atoms with Crippen molar-refractivity contribution in [1.29, 1.82) is 0 Å². The number of rotatable bonds is 3. The quantitative estimate of drug-likeness (QED) is 0.499. The number of furan rings is 1. The Morgan fingerprint density at radius 2 is 1.83 bits per heavy atom. The normalized spacial score (nSPS) is 11.0. The molecule has 0 radical (unpaired) electrons. The molecule has 1 amide bonds. The highest BCUT2D eigenvalue weighted by Gasteiger charge is 2.14. The van der Waals surface area contributed by atoms with Crippen molar-refractivity contribution in [2.24, 2.45) is 0 Å². The van der Waals surface area contributed by atoms with E-state index in [0.29, 0.717) is 5.76 Å². The first-order valence-corrected chi connectivity index (χ1v) is 8.84. The van der Waals surface area contributed by atoms with Crippen LogP contribution in [0.3, 0.4) is 0 Å². The number of benzene rings is 3. The summed E-state index contributed by atoms with van der Waals surface area (Å²) in [4.78, 5) is 13.6. The summed E-state index contributed by atoms with van der Waals surface area (Å²) < 4.78 is 5.75. The summed E-state index contributed by atoms with van der Waals surface area (Å²) >= 11 is 1.64. The number of carbonyl (C=O) groups excluding carboxylic acids is 1. The van der Waals surface area contributed by atoms with Crippen LogP contribution in [0.1, 0.15) is 10.6 Å². The van der Waals surface area contributed by atoms with Crippen molar-refractivity contribution in [3.63, 3.8) is 0 Å². The Morgan fingerprint density at radius 3 is 2.71 bits per heavy atom. The number of anilines is 1. The molecule has 1 N–H and O–H groups in total. The van der Waals surface area contributed by atoms with Gasteiger partial charge in [0.05, 0.1) is 0 Å². The third-order valence-corrected chi connectivity index (χ3v) is 4.70. The van der Waals surface area contributed by atoms with Crippen LogP contribution in [0.5, 0.6) is 0 Å². The van der Waals surface area contributed by atoms with Gasteiger partial charge in [0, 0.05) is 16.0 Å². The van der Waals surface area contributed by atoms with Gasteiger partial charge in [0.2, 0.25) is 0 Å². The fraction of sp³-hybridized carbons (Fsp3) is 0.0500. The van der Waals surface area contributed by atoms with Gasteiger partial charge in [-0.15, -0.1) is 11.8 Å². The monoisotopic (exact) mass is 333 g/mol. The first-order chi connectivity index (χ1) is 11.7. The van der Waals surface area contributed by atoms with Gasteiger partial charge in [-0.3, -0.25) is 4.79 Å². The molecule has 4 rings (SSSR count). The lowest BCUT2D eigenvalue weighted by Crippen LogP contribution is -2.10. The molecule has 0 aliphatic heterocycles. The molecule has 1 heterocycles. The van der Waals surface area contributed by atoms with Crippen LogP contribution in [0.4, 0.5) is 5.69 Å². The topological polar surface area (TPSA) is 42.2 Å². The molecular formula is C20H15NO2S. The van der Waals surface area contributed by atoms with Crippen molar-refractivity contribution in [2.45, 2.75) is 4.90 Å². The van der Waals surface area contributed by atoms with Crippen LogP contribution in [0.2, 0.25) is 0 Å². The smallest absolute Gasteiger partial charge is 0.291 e. The minimum atomic E-state index is -0.242. The third-order valence-electron chi connectivity index (χ3n) is 3.98. The van der Waals surface area contributed by atoms with Crippen molar-refractivity contribution in [3.8, 4) is 0 Å². The number of thioether (sulfide) groups is 1. The largest absolute Gasteiger partial charge is 0.451 e. The zero-order chi connectivity index (χ0) is 16.5. The van der Waals surface area contributed by atoms with E-state index in [4.69, 9.17) is 4.42 Å². The van der Waals surface area contributed by atoms with Gasteiger partial charge in [-0.05, 0) is 47.4 Å². The number of fused-ring (bicyclic) bond motifs is 3. The molecule has 0 saturated heterocycles. The zero-order valence-corrected chi connectivity index (χ0v) is 13.9. The second-order valence-corrected chi connectivity index (χ2v) is 6.37. The van der Waals surface area contributed by atoms with E-state index in [1.807, 2.05) is 66.9 Å². The molecule has 0 fully saturated rings. The minimum absolute atomic E-state index is 0.242. The number of nitrogens with one attached hydrogen (secondary N) is 1. The minimum Gasteiger partial charge on any atom is -0.451 e. The molecular weight excluding hydrogens is 318 g/mol. The molecule has 0 unspecified atom stereocenters. The molecule has 4 heteroatoms. The fourth-order valence-corrected chi connectivity index (χ4v) is 3.26. The predicted molar refractivity (Wildman–Crippen MR) is 99.9 cm³/mol. The van der Waals surface area contributed by atoms with Crippen LogP contribution in [-0.4, -0.2) is 12.2 Å². The Bertz CT molecular complexity index is 1050. The number of amides is 1. The van der Waals surface area contributed by atoms with E-state index in [0.717, 1.165) is 32.3 Å². The lowest BCUT2D eigenvalue weighted by atomic mass is 10.1. The Hall–Kier alpha value is -2.72. The van der Waals surface area contributed by atoms with E-state index in [9.17, 15) is 4.79 Å². The standard InChI is InChI=1S/C20H15NO2S/c1-24-15-7-4-6-14(11-15)21-20(22)19-12-17-16-8-3-2-5-13(16)9-10-18(17)23-19/h2-12H,1H3,(H,21,22). The van der Waals surface area contributed by atoms with Gasteiger partial charge in [-0.2, -0.15) is 0 Å². The number of carbonyl (C=O) groups is 1. The summed E-state index contributed by atoms with van der Waals surface area (Å²) in [5, 5.41) is 6.07. The van der Waals surface area contributed by atoms with E-state index < -0.39 is 0 Å². The molecule has 0 bridgehead atoms. The molecule has 3 aromatic carbocycles. The van der Waals surface area contributed by atoms with Crippen LogP contribution in [0.15, 0.2) is 76.0 Å². The van der Waals surface area contributed by atoms with Crippen molar-refractivity contribution < 1.29 is 9.21 Å². The lowest BCUT2D eigenvalue weighted by molar-refractivity contribution is 0.0998. The van der Waals surface area contributed by atoms with Crippen molar-refractivity contribution >= 4 is 45.1 Å². The van der Waals surface area contributed by atoms with E-state index in [-0.39, 0.29) is 5.91 Å². The van der Waals surface area contributed by atoms with E-state index >= 15 is 0 Å². The maximum absolute atomic E-state index is 12.5. The molecule has 3 nitrogen and oxygen atoms in total. The molecule has 0 aliphatic rings. The molecule has 4 aromatic rings. The first-order valence-electron chi connectivity index (χ1n) is 7.61. The van der Waals surface area contributed by atoms with E-state index in [1.165, 1.54) is 0 Å². The third kappa shape index (κ3) is 2.65. The van der Waals surface area contributed by atoms with Crippen molar-refractivity contribution in [1.82, 2.24) is 0 Å². The van der Waals surface area contributed by atoms with Gasteiger partial charge in [0.1, 0.15) is 5.58 Å². The van der Waals surface area contributed by atoms with Crippen LogP contribution in [-0.2, 0) is 0 Å². The van der Waals surface area contributed by atoms with E-state index in [1.54, 1.807) is 11.8 Å². The van der Waals surface area contributed by atoms with Gasteiger partial charge < -0.3 is 9.73 Å². The zero-order valence-electron chi connectivity index (χ0n) is 13.1. The molecule has 118 valence electrons. The summed E-state index contributed by atoms with van der Waals surface area (Å²) in [7, 11) is 0. The van der Waals surface area contributed by atoms with Crippen LogP contribution < -0.4 is 5.32 Å². The lowest BCUT2D eigenvalue weighted by Gasteiger charge is -2.04. The van der Waals surface area contributed by atoms with E-state index in [2.05, 4.69) is 11.4 Å². The summed E-state index contributed by atoms with van der Waals surface area (Å²) in [5.74, 6) is 0.0736. The maximum Gasteiger partial charge on any atom is 0.291 e. The maximum atomic E-state index is 12.5. The molecule has 24 heavy (non-hydrogen) atoms. The number of hydrogen-bond donors (Lipinski definition) is 1. The first kappa shape index (κ1) is 14.8. The predicted octanol–water partition coefficient (Wildman–Crippen LogP) is 5.56. The summed E-state index contributed by atoms with van der Waals surface area (Å²) in [6, 6.07) is 21.5. The van der Waals surface area contributed by atoms with Crippen LogP contribution in [0, 0.1) is 0 Å². The summed E-state index contributed by atoms with van der Waals surface area (Å²) in [6.45, 7) is 0. The fourth-order valence-electron chi connectivity index (χ4n) is 2.80. The average Bonchev–Trinajstić information content (AvgIpc) is 3.07. The Balaban J connectivity index is 1.70. The van der Waals surface area contributed by atoms with Crippen LogP contribution in [0.25, 0.3) is 21.7 Å². The van der Waals surface area contributed by atoms with Gasteiger partial charge in [-0.1, -0.05) is 36.4 Å². The second-order valence-electron chi connectivity index (χ2n) is 5.50. The Labute approximate surface area is 143 Å². The van der Waals surface area contributed by atoms with Gasteiger partial charge >= 0.3 is 0 Å². The molecule has 0 saturated carbocycles.